The normalized spacial score (nSPS) is 13.4. The molecule has 2 rings (SSSR count). The lowest BCUT2D eigenvalue weighted by atomic mass is 10.0. The molecule has 0 saturated carbocycles. The Morgan fingerprint density at radius 3 is 2.67 bits per heavy atom. The fraction of sp³-hybridized carbons (Fsp3) is 0.500. The summed E-state index contributed by atoms with van der Waals surface area (Å²) >= 11 is 11.4. The van der Waals surface area contributed by atoms with E-state index in [-0.39, 0.29) is 0 Å². The van der Waals surface area contributed by atoms with Crippen molar-refractivity contribution in [3.63, 3.8) is 0 Å². The fourth-order valence-corrected chi connectivity index (χ4v) is 2.80. The molecule has 0 saturated heterocycles. The van der Waals surface area contributed by atoms with E-state index in [0.29, 0.717) is 6.04 Å². The summed E-state index contributed by atoms with van der Waals surface area (Å²) in [4.78, 5) is 3.23. The third-order valence-corrected chi connectivity index (χ3v) is 3.81. The van der Waals surface area contributed by atoms with Crippen LogP contribution in [0, 0.1) is 10.7 Å². The molecule has 0 aliphatic heterocycles. The van der Waals surface area contributed by atoms with Gasteiger partial charge in [-0.1, -0.05) is 25.4 Å². The first-order valence-electron chi connectivity index (χ1n) is 6.39. The van der Waals surface area contributed by atoms with E-state index in [1.807, 2.05) is 18.2 Å². The Morgan fingerprint density at radius 2 is 2.00 bits per heavy atom. The van der Waals surface area contributed by atoms with Crippen molar-refractivity contribution in [3.8, 4) is 0 Å². The molecule has 1 aromatic carbocycles. The van der Waals surface area contributed by atoms with Crippen molar-refractivity contribution in [1.29, 1.82) is 0 Å². The molecule has 2 aromatic rings. The van der Waals surface area contributed by atoms with Gasteiger partial charge in [0.1, 0.15) is 0 Å². The summed E-state index contributed by atoms with van der Waals surface area (Å²) in [6, 6.07) is 6.29. The third kappa shape index (κ3) is 2.78. The summed E-state index contributed by atoms with van der Waals surface area (Å²) in [5, 5.41) is 0.737. The average Bonchev–Trinajstić information content (AvgIpc) is 2.61. The zero-order valence-electron chi connectivity index (χ0n) is 11.0. The van der Waals surface area contributed by atoms with Gasteiger partial charge in [0.15, 0.2) is 4.77 Å². The average molecular weight is 283 g/mol. The predicted molar refractivity (Wildman–Crippen MR) is 80.9 cm³/mol. The van der Waals surface area contributed by atoms with E-state index in [1.165, 1.54) is 6.42 Å². The van der Waals surface area contributed by atoms with Gasteiger partial charge in [-0.25, -0.2) is 0 Å². The smallest absolute Gasteiger partial charge is 0.178 e. The van der Waals surface area contributed by atoms with Crippen LogP contribution in [-0.2, 0) is 0 Å². The summed E-state index contributed by atoms with van der Waals surface area (Å²) in [5.41, 5.74) is 2.16. The monoisotopic (exact) mass is 282 g/mol. The zero-order chi connectivity index (χ0) is 13.3. The lowest BCUT2D eigenvalue weighted by molar-refractivity contribution is 0.443. The van der Waals surface area contributed by atoms with Crippen molar-refractivity contribution in [1.82, 2.24) is 9.55 Å². The van der Waals surface area contributed by atoms with Crippen molar-refractivity contribution in [3.05, 3.63) is 28.0 Å². The van der Waals surface area contributed by atoms with Gasteiger partial charge in [0.2, 0.25) is 0 Å². The summed E-state index contributed by atoms with van der Waals surface area (Å²) in [6.07, 6.45) is 2.35. The van der Waals surface area contributed by atoms with Crippen molar-refractivity contribution < 1.29 is 0 Å². The van der Waals surface area contributed by atoms with Crippen molar-refractivity contribution in [2.45, 2.75) is 39.7 Å². The quantitative estimate of drug-likeness (QED) is 0.750. The number of halogens is 1. The molecule has 0 radical (unpaired) electrons. The number of hydrogen-bond donors (Lipinski definition) is 1. The molecule has 2 nitrogen and oxygen atoms in total. The largest absolute Gasteiger partial charge is 0.331 e. The minimum absolute atomic E-state index is 0.412. The number of nitrogens with zero attached hydrogens (tertiary/aromatic N) is 1. The summed E-state index contributed by atoms with van der Waals surface area (Å²) in [7, 11) is 0. The second-order valence-corrected chi connectivity index (χ2v) is 6.10. The Labute approximate surface area is 118 Å². The highest BCUT2D eigenvalue weighted by Crippen LogP contribution is 2.25. The Kier molecular flexibility index (Phi) is 4.13. The van der Waals surface area contributed by atoms with Gasteiger partial charge in [-0.3, -0.25) is 0 Å². The summed E-state index contributed by atoms with van der Waals surface area (Å²) < 4.78 is 2.98. The SMILES string of the molecule is CC(C)CCC(C)n1c(=S)[nH]c2cc(Cl)ccc21. The molecule has 1 heterocycles. The first-order chi connectivity index (χ1) is 8.49. The number of imidazole rings is 1. The second kappa shape index (κ2) is 5.45. The standard InChI is InChI=1S/C14H19ClN2S/c1-9(2)4-5-10(3)17-13-7-6-11(15)8-12(13)16-14(17)18/h6-10H,4-5H2,1-3H3,(H,16,18). The van der Waals surface area contributed by atoms with E-state index in [0.717, 1.165) is 33.2 Å². The zero-order valence-corrected chi connectivity index (χ0v) is 12.6. The number of hydrogen-bond acceptors (Lipinski definition) is 1. The number of aromatic nitrogens is 2. The molecular formula is C14H19ClN2S. The highest BCUT2D eigenvalue weighted by atomic mass is 35.5. The van der Waals surface area contributed by atoms with E-state index in [4.69, 9.17) is 23.8 Å². The Hall–Kier alpha value is -0.800. The van der Waals surface area contributed by atoms with Crippen LogP contribution in [0.2, 0.25) is 5.02 Å². The Morgan fingerprint density at radius 1 is 1.28 bits per heavy atom. The molecule has 1 atom stereocenters. The maximum atomic E-state index is 6.00. The highest BCUT2D eigenvalue weighted by Gasteiger charge is 2.11. The van der Waals surface area contributed by atoms with Crippen LogP contribution < -0.4 is 0 Å². The van der Waals surface area contributed by atoms with Gasteiger partial charge in [-0.2, -0.15) is 0 Å². The third-order valence-electron chi connectivity index (χ3n) is 3.28. The van der Waals surface area contributed by atoms with Gasteiger partial charge < -0.3 is 9.55 Å². The summed E-state index contributed by atoms with van der Waals surface area (Å²) in [6.45, 7) is 6.72. The lowest BCUT2D eigenvalue weighted by Crippen LogP contribution is -2.06. The van der Waals surface area contributed by atoms with E-state index in [9.17, 15) is 0 Å². The number of nitrogens with one attached hydrogen (secondary N) is 1. The molecule has 1 unspecified atom stereocenters. The van der Waals surface area contributed by atoms with Gasteiger partial charge in [-0.15, -0.1) is 0 Å². The number of benzene rings is 1. The van der Waals surface area contributed by atoms with E-state index in [1.54, 1.807) is 0 Å². The lowest BCUT2D eigenvalue weighted by Gasteiger charge is -2.15. The molecule has 1 aromatic heterocycles. The van der Waals surface area contributed by atoms with Crippen LogP contribution in [-0.4, -0.2) is 9.55 Å². The van der Waals surface area contributed by atoms with Gasteiger partial charge in [-0.05, 0) is 56.1 Å². The minimum Gasteiger partial charge on any atom is -0.331 e. The van der Waals surface area contributed by atoms with Gasteiger partial charge >= 0.3 is 0 Å². The van der Waals surface area contributed by atoms with Crippen LogP contribution in [0.3, 0.4) is 0 Å². The minimum atomic E-state index is 0.412. The molecule has 0 bridgehead atoms. The Bertz CT molecular complexity index is 597. The van der Waals surface area contributed by atoms with Crippen molar-refractivity contribution in [2.75, 3.05) is 0 Å². The van der Waals surface area contributed by atoms with Crippen molar-refractivity contribution >= 4 is 34.9 Å². The number of fused-ring (bicyclic) bond motifs is 1. The van der Waals surface area contributed by atoms with Crippen molar-refractivity contribution in [2.24, 2.45) is 5.92 Å². The van der Waals surface area contributed by atoms with Gasteiger partial charge in [0.05, 0.1) is 11.0 Å². The molecular weight excluding hydrogens is 264 g/mol. The van der Waals surface area contributed by atoms with Gasteiger partial charge in [0, 0.05) is 11.1 Å². The number of aromatic amines is 1. The predicted octanol–water partition coefficient (Wildman–Crippen LogP) is 5.35. The molecule has 0 aliphatic carbocycles. The molecule has 0 amide bonds. The molecule has 0 fully saturated rings. The van der Waals surface area contributed by atoms with Crippen LogP contribution in [0.4, 0.5) is 0 Å². The highest BCUT2D eigenvalue weighted by molar-refractivity contribution is 7.71. The van der Waals surface area contributed by atoms with Crippen LogP contribution in [0.25, 0.3) is 11.0 Å². The summed E-state index contributed by atoms with van der Waals surface area (Å²) in [5.74, 6) is 0.723. The first-order valence-corrected chi connectivity index (χ1v) is 7.17. The van der Waals surface area contributed by atoms with E-state index in [2.05, 4.69) is 30.3 Å². The van der Waals surface area contributed by atoms with E-state index >= 15 is 0 Å². The van der Waals surface area contributed by atoms with Gasteiger partial charge in [0.25, 0.3) is 0 Å². The molecule has 4 heteroatoms. The molecule has 0 aliphatic rings. The Balaban J connectivity index is 2.38. The topological polar surface area (TPSA) is 20.7 Å². The molecule has 18 heavy (non-hydrogen) atoms. The first kappa shape index (κ1) is 13.6. The number of H-pyrrole nitrogens is 1. The molecule has 1 N–H and O–H groups in total. The second-order valence-electron chi connectivity index (χ2n) is 5.28. The van der Waals surface area contributed by atoms with Crippen LogP contribution in [0.5, 0.6) is 0 Å². The van der Waals surface area contributed by atoms with Crippen LogP contribution in [0.1, 0.15) is 39.7 Å². The number of rotatable bonds is 4. The molecule has 0 spiro atoms. The fourth-order valence-electron chi connectivity index (χ4n) is 2.24. The maximum Gasteiger partial charge on any atom is 0.178 e. The van der Waals surface area contributed by atoms with Crippen LogP contribution in [0.15, 0.2) is 18.2 Å². The maximum absolute atomic E-state index is 6.00. The molecule has 98 valence electrons. The van der Waals surface area contributed by atoms with E-state index < -0.39 is 0 Å². The van der Waals surface area contributed by atoms with Crippen LogP contribution >= 0.6 is 23.8 Å².